The maximum Gasteiger partial charge on any atom is 0.191 e. The van der Waals surface area contributed by atoms with Crippen LogP contribution in [0.4, 0.5) is 0 Å². The van der Waals surface area contributed by atoms with E-state index in [9.17, 15) is 0 Å². The molecule has 0 aliphatic carbocycles. The first-order valence-corrected chi connectivity index (χ1v) is 7.70. The molecule has 0 aliphatic rings. The Labute approximate surface area is 131 Å². The molecule has 0 amide bonds. The third-order valence-electron chi connectivity index (χ3n) is 3.44. The molecular weight excluding hydrogens is 278 g/mol. The highest BCUT2D eigenvalue weighted by Gasteiger charge is 2.06. The van der Waals surface area contributed by atoms with Crippen molar-refractivity contribution in [3.63, 3.8) is 0 Å². The van der Waals surface area contributed by atoms with Gasteiger partial charge in [0.05, 0.1) is 17.6 Å². The number of nitrogens with zero attached hydrogens (tertiary/aromatic N) is 3. The Morgan fingerprint density at radius 3 is 2.82 bits per heavy atom. The number of rotatable bonds is 7. The normalized spacial score (nSPS) is 11.9. The fourth-order valence-corrected chi connectivity index (χ4v) is 2.37. The highest BCUT2D eigenvalue weighted by atomic mass is 16.5. The van der Waals surface area contributed by atoms with Crippen molar-refractivity contribution in [3.05, 3.63) is 30.1 Å². The van der Waals surface area contributed by atoms with Gasteiger partial charge in [-0.15, -0.1) is 0 Å². The molecule has 0 atom stereocenters. The van der Waals surface area contributed by atoms with Crippen LogP contribution in [0.3, 0.4) is 0 Å². The summed E-state index contributed by atoms with van der Waals surface area (Å²) >= 11 is 0. The van der Waals surface area contributed by atoms with Crippen LogP contribution >= 0.6 is 0 Å². The highest BCUT2D eigenvalue weighted by Crippen LogP contribution is 2.14. The van der Waals surface area contributed by atoms with Crippen molar-refractivity contribution in [2.75, 3.05) is 33.4 Å². The van der Waals surface area contributed by atoms with Crippen molar-refractivity contribution in [1.82, 2.24) is 20.2 Å². The molecule has 2 rings (SSSR count). The summed E-state index contributed by atoms with van der Waals surface area (Å²) in [5.74, 6) is 1.82. The first-order chi connectivity index (χ1) is 10.8. The number of hydrogen-bond donors (Lipinski definition) is 2. The predicted octanol–water partition coefficient (Wildman–Crippen LogP) is 1.55. The fourth-order valence-electron chi connectivity index (χ4n) is 2.37. The van der Waals surface area contributed by atoms with Gasteiger partial charge in [0.15, 0.2) is 5.96 Å². The predicted molar refractivity (Wildman–Crippen MR) is 90.3 cm³/mol. The molecule has 1 heterocycles. The average molecular weight is 303 g/mol. The molecule has 120 valence electrons. The average Bonchev–Trinajstić information content (AvgIpc) is 2.85. The quantitative estimate of drug-likeness (QED) is 0.463. The van der Waals surface area contributed by atoms with Gasteiger partial charge in [-0.25, -0.2) is 4.98 Å². The Hall–Kier alpha value is -2.08. The number of fused-ring (bicyclic) bond motifs is 1. The first-order valence-electron chi connectivity index (χ1n) is 7.70. The molecule has 0 fully saturated rings. The van der Waals surface area contributed by atoms with Crippen molar-refractivity contribution < 1.29 is 4.74 Å². The summed E-state index contributed by atoms with van der Waals surface area (Å²) in [7, 11) is 1.77. The monoisotopic (exact) mass is 303 g/mol. The molecule has 1 aromatic heterocycles. The van der Waals surface area contributed by atoms with E-state index < -0.39 is 0 Å². The van der Waals surface area contributed by atoms with E-state index in [4.69, 9.17) is 4.74 Å². The summed E-state index contributed by atoms with van der Waals surface area (Å²) < 4.78 is 7.52. The molecule has 0 unspecified atom stereocenters. The molecule has 0 saturated carbocycles. The first kappa shape index (κ1) is 16.3. The van der Waals surface area contributed by atoms with Crippen molar-refractivity contribution in [2.45, 2.75) is 20.4 Å². The lowest BCUT2D eigenvalue weighted by atomic mass is 10.3. The molecule has 0 bridgehead atoms. The zero-order valence-electron chi connectivity index (χ0n) is 13.6. The van der Waals surface area contributed by atoms with Crippen LogP contribution in [0.2, 0.25) is 0 Å². The Morgan fingerprint density at radius 1 is 1.27 bits per heavy atom. The van der Waals surface area contributed by atoms with Gasteiger partial charge in [-0.1, -0.05) is 12.1 Å². The van der Waals surface area contributed by atoms with Crippen molar-refractivity contribution >= 4 is 17.0 Å². The van der Waals surface area contributed by atoms with E-state index >= 15 is 0 Å². The molecule has 0 radical (unpaired) electrons. The zero-order chi connectivity index (χ0) is 15.8. The minimum atomic E-state index is 0.683. The molecule has 1 aromatic carbocycles. The molecule has 0 saturated heterocycles. The Kier molecular flexibility index (Phi) is 6.21. The number of benzene rings is 1. The van der Waals surface area contributed by atoms with Crippen LogP contribution in [0.5, 0.6) is 0 Å². The Bertz CT molecular complexity index is 620. The van der Waals surface area contributed by atoms with E-state index in [2.05, 4.69) is 31.2 Å². The number of guanidine groups is 1. The number of imidazole rings is 1. The summed E-state index contributed by atoms with van der Waals surface area (Å²) in [6.45, 7) is 7.83. The maximum absolute atomic E-state index is 5.30. The topological polar surface area (TPSA) is 63.5 Å². The standard InChI is InChI=1S/C16H25N5O/c1-4-22-12-10-19-16(17-3)18-9-11-21-13(2)20-14-7-5-6-8-15(14)21/h5-8H,4,9-12H2,1-3H3,(H2,17,18,19). The summed E-state index contributed by atoms with van der Waals surface area (Å²) in [5, 5.41) is 6.54. The summed E-state index contributed by atoms with van der Waals surface area (Å²) in [6.07, 6.45) is 0. The third kappa shape index (κ3) is 4.21. The number of nitrogens with one attached hydrogen (secondary N) is 2. The van der Waals surface area contributed by atoms with Gasteiger partial charge >= 0.3 is 0 Å². The number of hydrogen-bond acceptors (Lipinski definition) is 3. The van der Waals surface area contributed by atoms with Crippen LogP contribution in [0.25, 0.3) is 11.0 Å². The zero-order valence-corrected chi connectivity index (χ0v) is 13.6. The van der Waals surface area contributed by atoms with E-state index in [0.717, 1.165) is 43.5 Å². The molecule has 2 N–H and O–H groups in total. The van der Waals surface area contributed by atoms with E-state index in [0.29, 0.717) is 6.61 Å². The molecule has 2 aromatic rings. The number of aryl methyl sites for hydroxylation is 1. The second kappa shape index (κ2) is 8.38. The lowest BCUT2D eigenvalue weighted by Gasteiger charge is -2.13. The number of para-hydroxylation sites is 2. The largest absolute Gasteiger partial charge is 0.380 e. The van der Waals surface area contributed by atoms with Crippen LogP contribution in [-0.4, -0.2) is 48.9 Å². The number of aromatic nitrogens is 2. The van der Waals surface area contributed by atoms with Gasteiger partial charge in [-0.05, 0) is 26.0 Å². The Morgan fingerprint density at radius 2 is 2.05 bits per heavy atom. The molecule has 22 heavy (non-hydrogen) atoms. The number of aliphatic imine (C=N–C) groups is 1. The molecule has 0 spiro atoms. The van der Waals surface area contributed by atoms with E-state index in [-0.39, 0.29) is 0 Å². The van der Waals surface area contributed by atoms with E-state index in [1.165, 1.54) is 5.52 Å². The molecular formula is C16H25N5O. The maximum atomic E-state index is 5.30. The van der Waals surface area contributed by atoms with Gasteiger partial charge in [-0.2, -0.15) is 0 Å². The lowest BCUT2D eigenvalue weighted by Crippen LogP contribution is -2.40. The second-order valence-electron chi connectivity index (χ2n) is 4.92. The van der Waals surface area contributed by atoms with Gasteiger partial charge in [-0.3, -0.25) is 4.99 Å². The van der Waals surface area contributed by atoms with Crippen molar-refractivity contribution in [2.24, 2.45) is 4.99 Å². The molecule has 6 nitrogen and oxygen atoms in total. The minimum Gasteiger partial charge on any atom is -0.380 e. The Balaban J connectivity index is 1.85. The van der Waals surface area contributed by atoms with Crippen LogP contribution in [0.15, 0.2) is 29.3 Å². The van der Waals surface area contributed by atoms with Crippen molar-refractivity contribution in [1.29, 1.82) is 0 Å². The van der Waals surface area contributed by atoms with Crippen LogP contribution in [0.1, 0.15) is 12.7 Å². The smallest absolute Gasteiger partial charge is 0.191 e. The van der Waals surface area contributed by atoms with Crippen LogP contribution < -0.4 is 10.6 Å². The van der Waals surface area contributed by atoms with Gasteiger partial charge in [0.25, 0.3) is 0 Å². The second-order valence-corrected chi connectivity index (χ2v) is 4.92. The minimum absolute atomic E-state index is 0.683. The van der Waals surface area contributed by atoms with Crippen molar-refractivity contribution in [3.8, 4) is 0 Å². The van der Waals surface area contributed by atoms with Gasteiger partial charge in [0, 0.05) is 33.3 Å². The van der Waals surface area contributed by atoms with Crippen LogP contribution in [-0.2, 0) is 11.3 Å². The van der Waals surface area contributed by atoms with E-state index in [1.807, 2.05) is 32.0 Å². The summed E-state index contributed by atoms with van der Waals surface area (Å²) in [4.78, 5) is 8.78. The highest BCUT2D eigenvalue weighted by molar-refractivity contribution is 5.79. The van der Waals surface area contributed by atoms with Gasteiger partial charge in [0.2, 0.25) is 0 Å². The SMILES string of the molecule is CCOCCNC(=NC)NCCn1c(C)nc2ccccc21. The number of ether oxygens (including phenoxy) is 1. The van der Waals surface area contributed by atoms with Gasteiger partial charge < -0.3 is 19.9 Å². The van der Waals surface area contributed by atoms with Crippen LogP contribution in [0, 0.1) is 6.92 Å². The summed E-state index contributed by atoms with van der Waals surface area (Å²) in [5.41, 5.74) is 2.21. The van der Waals surface area contributed by atoms with E-state index in [1.54, 1.807) is 7.05 Å². The lowest BCUT2D eigenvalue weighted by molar-refractivity contribution is 0.152. The molecule has 6 heteroatoms. The molecule has 0 aliphatic heterocycles. The van der Waals surface area contributed by atoms with Gasteiger partial charge in [0.1, 0.15) is 5.82 Å². The third-order valence-corrected chi connectivity index (χ3v) is 3.44. The summed E-state index contributed by atoms with van der Waals surface area (Å²) in [6, 6.07) is 8.20. The fraction of sp³-hybridized carbons (Fsp3) is 0.500.